The van der Waals surface area contributed by atoms with Crippen LogP contribution in [0.3, 0.4) is 0 Å². The predicted octanol–water partition coefficient (Wildman–Crippen LogP) is 6.05. The minimum absolute atomic E-state index is 0.0412. The van der Waals surface area contributed by atoms with Crippen molar-refractivity contribution in [3.05, 3.63) is 101 Å². The van der Waals surface area contributed by atoms with Gasteiger partial charge in [-0.1, -0.05) is 71.3 Å². The fraction of sp³-hybridized carbons (Fsp3) is 0.207. The average Bonchev–Trinajstić information content (AvgIpc) is 3.63. The van der Waals surface area contributed by atoms with Crippen molar-refractivity contribution in [3.8, 4) is 16.9 Å². The normalized spacial score (nSPS) is 12.9. The minimum Gasteiger partial charge on any atom is -0.326 e. The van der Waals surface area contributed by atoms with E-state index in [1.807, 2.05) is 73.1 Å². The summed E-state index contributed by atoms with van der Waals surface area (Å²) in [4.78, 5) is 32.8. The number of benzene rings is 3. The lowest BCUT2D eigenvalue weighted by atomic mass is 10.1. The molecule has 3 aromatic carbocycles. The first kappa shape index (κ1) is 23.8. The molecule has 1 aromatic heterocycles. The molecule has 0 bridgehead atoms. The van der Waals surface area contributed by atoms with Gasteiger partial charge in [0.05, 0.1) is 16.3 Å². The first-order valence-corrected chi connectivity index (χ1v) is 12.4. The van der Waals surface area contributed by atoms with Crippen LogP contribution in [0.4, 0.5) is 5.95 Å². The molecule has 2 amide bonds. The first-order chi connectivity index (χ1) is 17.4. The highest BCUT2D eigenvalue weighted by Gasteiger charge is 2.35. The van der Waals surface area contributed by atoms with E-state index in [1.165, 1.54) is 0 Å². The lowest BCUT2D eigenvalue weighted by Crippen LogP contribution is -2.40. The smallest absolute Gasteiger partial charge is 0.256 e. The molecule has 4 aromatic rings. The van der Waals surface area contributed by atoms with Gasteiger partial charge in [-0.05, 0) is 51.0 Å². The van der Waals surface area contributed by atoms with Gasteiger partial charge >= 0.3 is 0 Å². The number of carbonyl (C=O) groups excluding carboxylic acids is 2. The summed E-state index contributed by atoms with van der Waals surface area (Å²) in [7, 11) is 0. The number of hydrogen-bond acceptors (Lipinski definition) is 3. The highest BCUT2D eigenvalue weighted by atomic mass is 35.5. The maximum absolute atomic E-state index is 13.2. The van der Waals surface area contributed by atoms with Crippen molar-refractivity contribution in [2.75, 3.05) is 11.9 Å². The van der Waals surface area contributed by atoms with E-state index in [-0.39, 0.29) is 24.4 Å². The summed E-state index contributed by atoms with van der Waals surface area (Å²) in [6, 6.07) is 23.1. The first-order valence-electron chi connectivity index (χ1n) is 12.0. The summed E-state index contributed by atoms with van der Waals surface area (Å²) >= 11 is 6.26. The predicted molar refractivity (Wildman–Crippen MR) is 143 cm³/mol. The van der Waals surface area contributed by atoms with Crippen LogP contribution in [-0.4, -0.2) is 38.9 Å². The summed E-state index contributed by atoms with van der Waals surface area (Å²) in [6.45, 7) is 3.99. The van der Waals surface area contributed by atoms with Gasteiger partial charge in [0.1, 0.15) is 6.54 Å². The van der Waals surface area contributed by atoms with Gasteiger partial charge in [-0.25, -0.2) is 4.98 Å². The Hall–Kier alpha value is -3.90. The fourth-order valence-corrected chi connectivity index (χ4v) is 4.31. The molecule has 0 radical (unpaired) electrons. The van der Waals surface area contributed by atoms with E-state index in [2.05, 4.69) is 5.32 Å². The van der Waals surface area contributed by atoms with Crippen molar-refractivity contribution in [3.63, 3.8) is 0 Å². The Labute approximate surface area is 215 Å². The third kappa shape index (κ3) is 5.19. The van der Waals surface area contributed by atoms with Crippen LogP contribution < -0.4 is 5.32 Å². The van der Waals surface area contributed by atoms with Crippen LogP contribution >= 0.6 is 11.6 Å². The van der Waals surface area contributed by atoms with Gasteiger partial charge in [0.15, 0.2) is 0 Å². The molecular weight excluding hydrogens is 472 g/mol. The second-order valence-corrected chi connectivity index (χ2v) is 9.62. The van der Waals surface area contributed by atoms with Crippen LogP contribution in [0.5, 0.6) is 0 Å². The van der Waals surface area contributed by atoms with Crippen LogP contribution in [0, 0.1) is 13.8 Å². The molecule has 1 aliphatic carbocycles. The van der Waals surface area contributed by atoms with Gasteiger partial charge in [0, 0.05) is 23.5 Å². The monoisotopic (exact) mass is 498 g/mol. The molecule has 0 aliphatic heterocycles. The van der Waals surface area contributed by atoms with Gasteiger partial charge in [0.25, 0.3) is 5.91 Å². The largest absolute Gasteiger partial charge is 0.326 e. The molecule has 1 N–H and O–H groups in total. The summed E-state index contributed by atoms with van der Waals surface area (Å²) in [5.41, 5.74) is 5.29. The van der Waals surface area contributed by atoms with Gasteiger partial charge in [-0.15, -0.1) is 0 Å². The van der Waals surface area contributed by atoms with Crippen LogP contribution in [0.2, 0.25) is 5.02 Å². The molecule has 1 aliphatic rings. The molecule has 0 spiro atoms. The van der Waals surface area contributed by atoms with Crippen LogP contribution in [0.25, 0.3) is 16.9 Å². The number of hydrogen-bond donors (Lipinski definition) is 1. The van der Waals surface area contributed by atoms with E-state index in [0.29, 0.717) is 16.5 Å². The Bertz CT molecular complexity index is 1410. The second kappa shape index (κ2) is 9.99. The molecule has 5 rings (SSSR count). The molecule has 1 fully saturated rings. The number of nitrogens with zero attached hydrogens (tertiary/aromatic N) is 3. The third-order valence-electron chi connectivity index (χ3n) is 6.28. The third-order valence-corrected chi connectivity index (χ3v) is 6.61. The molecule has 0 unspecified atom stereocenters. The molecule has 7 heteroatoms. The van der Waals surface area contributed by atoms with E-state index in [4.69, 9.17) is 16.6 Å². The average molecular weight is 499 g/mol. The Kier molecular flexibility index (Phi) is 6.61. The zero-order valence-electron chi connectivity index (χ0n) is 20.2. The highest BCUT2D eigenvalue weighted by molar-refractivity contribution is 6.33. The van der Waals surface area contributed by atoms with Crippen LogP contribution in [-0.2, 0) is 4.79 Å². The maximum Gasteiger partial charge on any atom is 0.256 e. The Morgan fingerprint density at radius 1 is 0.972 bits per heavy atom. The Morgan fingerprint density at radius 3 is 2.25 bits per heavy atom. The van der Waals surface area contributed by atoms with E-state index < -0.39 is 0 Å². The second-order valence-electron chi connectivity index (χ2n) is 9.21. The van der Waals surface area contributed by atoms with E-state index in [9.17, 15) is 9.59 Å². The number of halogens is 1. The summed E-state index contributed by atoms with van der Waals surface area (Å²) in [6.07, 6.45) is 3.66. The minimum atomic E-state index is -0.309. The van der Waals surface area contributed by atoms with Crippen molar-refractivity contribution < 1.29 is 9.59 Å². The maximum atomic E-state index is 13.2. The number of nitrogens with one attached hydrogen (secondary N) is 1. The van der Waals surface area contributed by atoms with Crippen molar-refractivity contribution in [2.24, 2.45) is 0 Å². The molecule has 36 heavy (non-hydrogen) atoms. The summed E-state index contributed by atoms with van der Waals surface area (Å²) < 4.78 is 1.86. The quantitative estimate of drug-likeness (QED) is 0.337. The van der Waals surface area contributed by atoms with E-state index in [1.54, 1.807) is 29.2 Å². The molecule has 1 saturated carbocycles. The number of rotatable bonds is 7. The van der Waals surface area contributed by atoms with Gasteiger partial charge < -0.3 is 4.90 Å². The number of amides is 2. The molecule has 1 heterocycles. The van der Waals surface area contributed by atoms with Crippen molar-refractivity contribution >= 4 is 29.4 Å². The topological polar surface area (TPSA) is 67.2 Å². The summed E-state index contributed by atoms with van der Waals surface area (Å²) in [5, 5.41) is 3.33. The SMILES string of the molecule is Cc1ccc(-c2cn(-c3ccc(C)cc3)c(NC(=O)CN(C(=O)c3ccccc3Cl)C3CC3)n2)cc1. The summed E-state index contributed by atoms with van der Waals surface area (Å²) in [5.74, 6) is -0.141. The van der Waals surface area contributed by atoms with Gasteiger partial charge in [-0.3, -0.25) is 19.5 Å². The van der Waals surface area contributed by atoms with Crippen molar-refractivity contribution in [1.29, 1.82) is 0 Å². The molecule has 6 nitrogen and oxygen atoms in total. The van der Waals surface area contributed by atoms with Crippen molar-refractivity contribution in [2.45, 2.75) is 32.7 Å². The standard InChI is InChI=1S/C29H27ClN4O2/c1-19-7-11-21(12-8-19)26-17-34(23-13-9-20(2)10-14-23)29(31-26)32-27(35)18-33(22-15-16-22)28(36)24-5-3-4-6-25(24)30/h3-14,17,22H,15-16,18H2,1-2H3,(H,31,32,35). The number of anilines is 1. The molecule has 182 valence electrons. The van der Waals surface area contributed by atoms with E-state index in [0.717, 1.165) is 40.9 Å². The fourth-order valence-electron chi connectivity index (χ4n) is 4.10. The van der Waals surface area contributed by atoms with Crippen LogP contribution in [0.1, 0.15) is 34.3 Å². The van der Waals surface area contributed by atoms with Gasteiger partial charge in [0.2, 0.25) is 11.9 Å². The number of carbonyl (C=O) groups is 2. The lowest BCUT2D eigenvalue weighted by molar-refractivity contribution is -0.117. The number of imidazole rings is 1. The van der Waals surface area contributed by atoms with Crippen molar-refractivity contribution in [1.82, 2.24) is 14.5 Å². The zero-order valence-corrected chi connectivity index (χ0v) is 21.0. The van der Waals surface area contributed by atoms with E-state index >= 15 is 0 Å². The molecule has 0 saturated heterocycles. The van der Waals surface area contributed by atoms with Gasteiger partial charge in [-0.2, -0.15) is 0 Å². The number of aromatic nitrogens is 2. The van der Waals surface area contributed by atoms with Crippen LogP contribution in [0.15, 0.2) is 79.0 Å². The Morgan fingerprint density at radius 2 is 1.61 bits per heavy atom. The zero-order chi connectivity index (χ0) is 25.2. The molecular formula is C29H27ClN4O2. The Balaban J connectivity index is 1.42. The lowest BCUT2D eigenvalue weighted by Gasteiger charge is -2.22. The highest BCUT2D eigenvalue weighted by Crippen LogP contribution is 2.30. The molecule has 0 atom stereocenters. The number of aryl methyl sites for hydroxylation is 2.